The van der Waals surface area contributed by atoms with Crippen LogP contribution in [0.2, 0.25) is 0 Å². The topological polar surface area (TPSA) is 38.3 Å². The third-order valence-electron chi connectivity index (χ3n) is 2.04. The van der Waals surface area contributed by atoms with E-state index in [0.717, 1.165) is 5.56 Å². The fourth-order valence-corrected chi connectivity index (χ4v) is 1.70. The minimum Gasteiger partial charge on any atom is -0.478 e. The summed E-state index contributed by atoms with van der Waals surface area (Å²) in [7, 11) is 0. The molecule has 1 heterocycles. The van der Waals surface area contributed by atoms with Gasteiger partial charge in [0.25, 0.3) is 5.91 Å². The zero-order chi connectivity index (χ0) is 10.3. The van der Waals surface area contributed by atoms with Crippen LogP contribution in [0, 0.1) is 12.7 Å². The summed E-state index contributed by atoms with van der Waals surface area (Å²) < 4.78 is 18.9. The highest BCUT2D eigenvalue weighted by atomic mass is 79.9. The number of nitrogens with one attached hydrogen (secondary N) is 1. The first-order valence-corrected chi connectivity index (χ1v) is 4.80. The van der Waals surface area contributed by atoms with Crippen molar-refractivity contribution in [3.05, 3.63) is 21.9 Å². The van der Waals surface area contributed by atoms with Gasteiger partial charge < -0.3 is 10.1 Å². The van der Waals surface area contributed by atoms with Gasteiger partial charge in [-0.05, 0) is 18.6 Å². The number of anilines is 1. The standard InChI is InChI=1S/C9H7BrFNO2/c1-4-5(10)2-6(11)9-8(4)12-7(13)3-14-9/h2H,3H2,1H3,(H,12,13). The molecule has 14 heavy (non-hydrogen) atoms. The van der Waals surface area contributed by atoms with E-state index >= 15 is 0 Å². The molecule has 0 radical (unpaired) electrons. The molecule has 2 rings (SSSR count). The van der Waals surface area contributed by atoms with Gasteiger partial charge in [0.05, 0.1) is 5.69 Å². The quantitative estimate of drug-likeness (QED) is 0.776. The number of amides is 1. The monoisotopic (exact) mass is 259 g/mol. The first-order valence-electron chi connectivity index (χ1n) is 4.01. The summed E-state index contributed by atoms with van der Waals surface area (Å²) in [5, 5.41) is 2.58. The molecule has 0 aliphatic carbocycles. The van der Waals surface area contributed by atoms with E-state index in [-0.39, 0.29) is 18.3 Å². The van der Waals surface area contributed by atoms with Gasteiger partial charge in [-0.2, -0.15) is 0 Å². The number of ether oxygens (including phenoxy) is 1. The SMILES string of the molecule is Cc1c(Br)cc(F)c2c1NC(=O)CO2. The van der Waals surface area contributed by atoms with Gasteiger partial charge in [0.2, 0.25) is 0 Å². The van der Waals surface area contributed by atoms with Crippen molar-refractivity contribution in [1.29, 1.82) is 0 Å². The largest absolute Gasteiger partial charge is 0.478 e. The molecule has 1 aromatic rings. The van der Waals surface area contributed by atoms with Crippen LogP contribution >= 0.6 is 15.9 Å². The first kappa shape index (κ1) is 9.45. The Bertz CT molecular complexity index is 420. The maximum absolute atomic E-state index is 13.3. The van der Waals surface area contributed by atoms with Gasteiger partial charge >= 0.3 is 0 Å². The zero-order valence-corrected chi connectivity index (χ0v) is 8.94. The number of hydrogen-bond acceptors (Lipinski definition) is 2. The van der Waals surface area contributed by atoms with E-state index in [2.05, 4.69) is 21.2 Å². The number of rotatable bonds is 0. The van der Waals surface area contributed by atoms with Crippen LogP contribution in [0.25, 0.3) is 0 Å². The van der Waals surface area contributed by atoms with E-state index in [1.807, 2.05) is 0 Å². The van der Waals surface area contributed by atoms with Gasteiger partial charge in [-0.1, -0.05) is 15.9 Å². The summed E-state index contributed by atoms with van der Waals surface area (Å²) in [5.41, 5.74) is 1.17. The Labute approximate surface area is 88.4 Å². The Balaban J connectivity index is 2.63. The third kappa shape index (κ3) is 1.37. The van der Waals surface area contributed by atoms with Gasteiger partial charge in [-0.15, -0.1) is 0 Å². The number of carbonyl (C=O) groups is 1. The molecule has 1 N–H and O–H groups in total. The van der Waals surface area contributed by atoms with E-state index in [1.165, 1.54) is 6.07 Å². The lowest BCUT2D eigenvalue weighted by molar-refractivity contribution is -0.118. The maximum Gasteiger partial charge on any atom is 0.262 e. The van der Waals surface area contributed by atoms with Crippen molar-refractivity contribution in [2.24, 2.45) is 0 Å². The molecular weight excluding hydrogens is 253 g/mol. The molecule has 0 saturated heterocycles. The number of carbonyl (C=O) groups excluding carboxylic acids is 1. The van der Waals surface area contributed by atoms with Gasteiger partial charge in [-0.25, -0.2) is 4.39 Å². The normalized spacial score (nSPS) is 14.4. The number of halogens is 2. The molecule has 1 aliphatic heterocycles. The van der Waals surface area contributed by atoms with Crippen molar-refractivity contribution in [3.8, 4) is 5.75 Å². The predicted molar refractivity (Wildman–Crippen MR) is 53.0 cm³/mol. The molecule has 74 valence electrons. The van der Waals surface area contributed by atoms with Crippen LogP contribution in [-0.2, 0) is 4.79 Å². The van der Waals surface area contributed by atoms with Crippen molar-refractivity contribution in [2.75, 3.05) is 11.9 Å². The Morgan fingerprint density at radius 2 is 2.36 bits per heavy atom. The van der Waals surface area contributed by atoms with Crippen molar-refractivity contribution >= 4 is 27.5 Å². The van der Waals surface area contributed by atoms with Gasteiger partial charge in [0.15, 0.2) is 18.2 Å². The molecule has 1 amide bonds. The summed E-state index contributed by atoms with van der Waals surface area (Å²) in [4.78, 5) is 11.0. The Hall–Kier alpha value is -1.10. The molecule has 0 aromatic heterocycles. The lowest BCUT2D eigenvalue weighted by Gasteiger charge is -2.20. The summed E-state index contributed by atoms with van der Waals surface area (Å²) >= 11 is 3.20. The Morgan fingerprint density at radius 1 is 1.64 bits per heavy atom. The Kier molecular flexibility index (Phi) is 2.19. The highest BCUT2D eigenvalue weighted by Gasteiger charge is 2.22. The van der Waals surface area contributed by atoms with Crippen LogP contribution < -0.4 is 10.1 Å². The summed E-state index contributed by atoms with van der Waals surface area (Å²) in [5.74, 6) is -0.624. The van der Waals surface area contributed by atoms with E-state index in [4.69, 9.17) is 4.74 Å². The smallest absolute Gasteiger partial charge is 0.262 e. The molecule has 5 heteroatoms. The molecule has 1 aliphatic rings. The van der Waals surface area contributed by atoms with Crippen molar-refractivity contribution < 1.29 is 13.9 Å². The number of benzene rings is 1. The second-order valence-electron chi connectivity index (χ2n) is 3.01. The fourth-order valence-electron chi connectivity index (χ4n) is 1.30. The number of hydrogen-bond donors (Lipinski definition) is 1. The molecule has 0 saturated carbocycles. The fraction of sp³-hybridized carbons (Fsp3) is 0.222. The van der Waals surface area contributed by atoms with Crippen LogP contribution in [0.3, 0.4) is 0 Å². The number of fused-ring (bicyclic) bond motifs is 1. The molecule has 0 atom stereocenters. The van der Waals surface area contributed by atoms with Gasteiger partial charge in [0, 0.05) is 4.47 Å². The average molecular weight is 260 g/mol. The highest BCUT2D eigenvalue weighted by molar-refractivity contribution is 9.10. The van der Waals surface area contributed by atoms with Crippen LogP contribution in [0.1, 0.15) is 5.56 Å². The molecule has 0 unspecified atom stereocenters. The lowest BCUT2D eigenvalue weighted by Crippen LogP contribution is -2.26. The molecule has 1 aromatic carbocycles. The predicted octanol–water partition coefficient (Wildman–Crippen LogP) is 2.23. The van der Waals surface area contributed by atoms with Crippen LogP contribution in [0.4, 0.5) is 10.1 Å². The van der Waals surface area contributed by atoms with E-state index in [1.54, 1.807) is 6.92 Å². The summed E-state index contributed by atoms with van der Waals surface area (Å²) in [6.45, 7) is 1.64. The van der Waals surface area contributed by atoms with Gasteiger partial charge in [0.1, 0.15) is 0 Å². The third-order valence-corrected chi connectivity index (χ3v) is 2.87. The molecule has 3 nitrogen and oxygen atoms in total. The maximum atomic E-state index is 13.3. The van der Waals surface area contributed by atoms with Crippen LogP contribution in [0.5, 0.6) is 5.75 Å². The van der Waals surface area contributed by atoms with E-state index in [9.17, 15) is 9.18 Å². The summed E-state index contributed by atoms with van der Waals surface area (Å²) in [6.07, 6.45) is 0. The van der Waals surface area contributed by atoms with Crippen molar-refractivity contribution in [1.82, 2.24) is 0 Å². The minimum absolute atomic E-state index is 0.116. The van der Waals surface area contributed by atoms with E-state index < -0.39 is 5.82 Å². The second kappa shape index (κ2) is 3.24. The first-order chi connectivity index (χ1) is 6.59. The minimum atomic E-state index is -0.475. The molecular formula is C9H7BrFNO2. The van der Waals surface area contributed by atoms with Crippen LogP contribution in [-0.4, -0.2) is 12.5 Å². The molecule has 0 spiro atoms. The molecule has 0 fully saturated rings. The molecule has 0 bridgehead atoms. The van der Waals surface area contributed by atoms with Crippen molar-refractivity contribution in [2.45, 2.75) is 6.92 Å². The lowest BCUT2D eigenvalue weighted by atomic mass is 10.1. The van der Waals surface area contributed by atoms with Crippen molar-refractivity contribution in [3.63, 3.8) is 0 Å². The Morgan fingerprint density at radius 3 is 3.07 bits per heavy atom. The van der Waals surface area contributed by atoms with Gasteiger partial charge in [-0.3, -0.25) is 4.79 Å². The zero-order valence-electron chi connectivity index (χ0n) is 7.36. The second-order valence-corrected chi connectivity index (χ2v) is 3.86. The summed E-state index contributed by atoms with van der Waals surface area (Å²) in [6, 6.07) is 1.33. The average Bonchev–Trinajstić information content (AvgIpc) is 2.14. The van der Waals surface area contributed by atoms with Crippen LogP contribution in [0.15, 0.2) is 10.5 Å². The highest BCUT2D eigenvalue weighted by Crippen LogP contribution is 2.37. The van der Waals surface area contributed by atoms with E-state index in [0.29, 0.717) is 10.2 Å².